The van der Waals surface area contributed by atoms with Crippen LogP contribution < -0.4 is 29.7 Å². The standard InChI is InChI=1S/C26H23NO7/c1-30-17-9-7-8-15(12-17)25(29)27-26-22(23(28)18-10-5-6-11-19(18)34-26)16-13-20(31-2)24(33-4)21(14-16)32-3/h5-14H,1-4H3,(H,27,29). The summed E-state index contributed by atoms with van der Waals surface area (Å²) in [6, 6.07) is 16.7. The average molecular weight is 461 g/mol. The van der Waals surface area contributed by atoms with Crippen LogP contribution in [-0.4, -0.2) is 34.3 Å². The van der Waals surface area contributed by atoms with Gasteiger partial charge in [-0.05, 0) is 48.0 Å². The van der Waals surface area contributed by atoms with Crippen molar-refractivity contribution < 1.29 is 28.2 Å². The second-order valence-electron chi connectivity index (χ2n) is 7.23. The van der Waals surface area contributed by atoms with Crippen molar-refractivity contribution in [2.75, 3.05) is 33.8 Å². The van der Waals surface area contributed by atoms with E-state index in [4.69, 9.17) is 23.4 Å². The Morgan fingerprint density at radius 3 is 2.18 bits per heavy atom. The Morgan fingerprint density at radius 1 is 0.824 bits per heavy atom. The van der Waals surface area contributed by atoms with Crippen LogP contribution in [0.25, 0.3) is 22.1 Å². The fourth-order valence-corrected chi connectivity index (χ4v) is 3.66. The highest BCUT2D eigenvalue weighted by Gasteiger charge is 2.22. The van der Waals surface area contributed by atoms with Gasteiger partial charge in [0.25, 0.3) is 5.91 Å². The van der Waals surface area contributed by atoms with Crippen LogP contribution in [-0.2, 0) is 0 Å². The van der Waals surface area contributed by atoms with E-state index < -0.39 is 5.91 Å². The number of methoxy groups -OCH3 is 4. The van der Waals surface area contributed by atoms with E-state index in [1.54, 1.807) is 60.7 Å². The second-order valence-corrected chi connectivity index (χ2v) is 7.23. The van der Waals surface area contributed by atoms with E-state index in [0.717, 1.165) is 0 Å². The molecule has 1 amide bonds. The van der Waals surface area contributed by atoms with Crippen LogP contribution in [0.2, 0.25) is 0 Å². The van der Waals surface area contributed by atoms with Crippen LogP contribution in [0.5, 0.6) is 23.0 Å². The topological polar surface area (TPSA) is 96.2 Å². The van der Waals surface area contributed by atoms with Gasteiger partial charge in [0.05, 0.1) is 39.4 Å². The van der Waals surface area contributed by atoms with Gasteiger partial charge in [-0.2, -0.15) is 0 Å². The molecule has 8 heteroatoms. The molecule has 1 N–H and O–H groups in total. The molecule has 8 nitrogen and oxygen atoms in total. The molecule has 0 bridgehead atoms. The van der Waals surface area contributed by atoms with Crippen LogP contribution in [0.3, 0.4) is 0 Å². The molecule has 0 radical (unpaired) electrons. The van der Waals surface area contributed by atoms with E-state index in [2.05, 4.69) is 5.32 Å². The van der Waals surface area contributed by atoms with Crippen LogP contribution in [0.4, 0.5) is 5.88 Å². The highest BCUT2D eigenvalue weighted by atomic mass is 16.5. The molecule has 0 saturated carbocycles. The fraction of sp³-hybridized carbons (Fsp3) is 0.154. The zero-order valence-electron chi connectivity index (χ0n) is 19.1. The van der Waals surface area contributed by atoms with Gasteiger partial charge in [-0.25, -0.2) is 0 Å². The summed E-state index contributed by atoms with van der Waals surface area (Å²) in [5, 5.41) is 3.11. The van der Waals surface area contributed by atoms with Crippen LogP contribution >= 0.6 is 0 Å². The molecule has 34 heavy (non-hydrogen) atoms. The Morgan fingerprint density at radius 2 is 1.53 bits per heavy atom. The van der Waals surface area contributed by atoms with Gasteiger partial charge in [0.1, 0.15) is 11.3 Å². The molecule has 0 atom stereocenters. The third kappa shape index (κ3) is 4.13. The van der Waals surface area contributed by atoms with Gasteiger partial charge >= 0.3 is 0 Å². The maximum absolute atomic E-state index is 13.6. The SMILES string of the molecule is COc1cccc(C(=O)Nc2oc3ccccc3c(=O)c2-c2cc(OC)c(OC)c(OC)c2)c1. The summed E-state index contributed by atoms with van der Waals surface area (Å²) >= 11 is 0. The quantitative estimate of drug-likeness (QED) is 0.424. The molecule has 0 aliphatic rings. The predicted molar refractivity (Wildman–Crippen MR) is 129 cm³/mol. The van der Waals surface area contributed by atoms with E-state index in [-0.39, 0.29) is 16.9 Å². The summed E-state index contributed by atoms with van der Waals surface area (Å²) in [6.45, 7) is 0. The number of carbonyl (C=O) groups is 1. The summed E-state index contributed by atoms with van der Waals surface area (Å²) in [7, 11) is 5.97. The molecular weight excluding hydrogens is 438 g/mol. The molecule has 1 aromatic heterocycles. The maximum atomic E-state index is 13.6. The first-order chi connectivity index (χ1) is 16.5. The van der Waals surface area contributed by atoms with Crippen LogP contribution in [0, 0.1) is 0 Å². The zero-order valence-corrected chi connectivity index (χ0v) is 19.1. The number of anilines is 1. The number of carbonyl (C=O) groups excluding carboxylic acids is 1. The molecule has 0 fully saturated rings. The van der Waals surface area contributed by atoms with Gasteiger partial charge in [0.15, 0.2) is 11.5 Å². The Hall–Kier alpha value is -4.46. The van der Waals surface area contributed by atoms with Gasteiger partial charge in [-0.1, -0.05) is 18.2 Å². The maximum Gasteiger partial charge on any atom is 0.258 e. The molecule has 3 aromatic carbocycles. The minimum absolute atomic E-state index is 0.00853. The summed E-state index contributed by atoms with van der Waals surface area (Å²) in [5.74, 6) is 1.14. The van der Waals surface area contributed by atoms with Crippen molar-refractivity contribution >= 4 is 22.8 Å². The first kappa shape index (κ1) is 22.7. The molecule has 0 aliphatic heterocycles. The zero-order chi connectivity index (χ0) is 24.2. The van der Waals surface area contributed by atoms with Gasteiger partial charge in [-0.15, -0.1) is 0 Å². The van der Waals surface area contributed by atoms with Crippen LogP contribution in [0.15, 0.2) is 69.9 Å². The van der Waals surface area contributed by atoms with Crippen molar-refractivity contribution in [2.24, 2.45) is 0 Å². The number of para-hydroxylation sites is 1. The number of amides is 1. The molecule has 4 rings (SSSR count). The number of fused-ring (bicyclic) bond motifs is 1. The molecule has 0 unspecified atom stereocenters. The third-order valence-electron chi connectivity index (χ3n) is 5.31. The Balaban J connectivity index is 1.93. The lowest BCUT2D eigenvalue weighted by Crippen LogP contribution is -2.16. The number of nitrogens with one attached hydrogen (secondary N) is 1. The number of hydrogen-bond donors (Lipinski definition) is 1. The Bertz CT molecular complexity index is 1400. The van der Waals surface area contributed by atoms with E-state index in [1.807, 2.05) is 0 Å². The Kier molecular flexibility index (Phi) is 6.40. The monoisotopic (exact) mass is 461 g/mol. The van der Waals surface area contributed by atoms with Crippen LogP contribution in [0.1, 0.15) is 10.4 Å². The number of rotatable bonds is 7. The van der Waals surface area contributed by atoms with E-state index in [0.29, 0.717) is 45.1 Å². The predicted octanol–water partition coefficient (Wildman–Crippen LogP) is 4.75. The summed E-state index contributed by atoms with van der Waals surface area (Å²) < 4.78 is 27.5. The van der Waals surface area contributed by atoms with E-state index in [1.165, 1.54) is 28.4 Å². The lowest BCUT2D eigenvalue weighted by molar-refractivity contribution is 0.102. The third-order valence-corrected chi connectivity index (χ3v) is 5.31. The lowest BCUT2D eigenvalue weighted by Gasteiger charge is -2.16. The molecule has 1 heterocycles. The number of ether oxygens (including phenoxy) is 4. The van der Waals surface area contributed by atoms with Gasteiger partial charge in [0, 0.05) is 5.56 Å². The van der Waals surface area contributed by atoms with Gasteiger partial charge < -0.3 is 23.4 Å². The van der Waals surface area contributed by atoms with Crippen molar-refractivity contribution in [3.63, 3.8) is 0 Å². The second kappa shape index (κ2) is 9.58. The van der Waals surface area contributed by atoms with Crippen molar-refractivity contribution in [1.82, 2.24) is 0 Å². The molecule has 0 spiro atoms. The molecule has 174 valence electrons. The van der Waals surface area contributed by atoms with Crippen molar-refractivity contribution in [1.29, 1.82) is 0 Å². The first-order valence-corrected chi connectivity index (χ1v) is 10.3. The molecule has 4 aromatic rings. The van der Waals surface area contributed by atoms with E-state index in [9.17, 15) is 9.59 Å². The minimum Gasteiger partial charge on any atom is -0.497 e. The first-order valence-electron chi connectivity index (χ1n) is 10.3. The van der Waals surface area contributed by atoms with Crippen molar-refractivity contribution in [3.05, 3.63) is 76.5 Å². The largest absolute Gasteiger partial charge is 0.497 e. The van der Waals surface area contributed by atoms with Gasteiger partial charge in [-0.3, -0.25) is 14.9 Å². The summed E-state index contributed by atoms with van der Waals surface area (Å²) in [5.41, 5.74) is 0.928. The van der Waals surface area contributed by atoms with Crippen molar-refractivity contribution in [3.8, 4) is 34.1 Å². The molecule has 0 aliphatic carbocycles. The average Bonchev–Trinajstić information content (AvgIpc) is 2.88. The lowest BCUT2D eigenvalue weighted by atomic mass is 10.0. The summed E-state index contributed by atoms with van der Waals surface area (Å²) in [6.07, 6.45) is 0. The highest BCUT2D eigenvalue weighted by molar-refractivity contribution is 6.06. The molecular formula is C26H23NO7. The van der Waals surface area contributed by atoms with E-state index >= 15 is 0 Å². The highest BCUT2D eigenvalue weighted by Crippen LogP contribution is 2.42. The molecule has 0 saturated heterocycles. The Labute approximate surface area is 195 Å². The summed E-state index contributed by atoms with van der Waals surface area (Å²) in [4.78, 5) is 26.6. The minimum atomic E-state index is -0.467. The number of benzene rings is 3. The van der Waals surface area contributed by atoms with Gasteiger partial charge in [0.2, 0.25) is 17.1 Å². The van der Waals surface area contributed by atoms with Crippen molar-refractivity contribution in [2.45, 2.75) is 0 Å². The smallest absolute Gasteiger partial charge is 0.258 e. The number of hydrogen-bond acceptors (Lipinski definition) is 7. The normalized spacial score (nSPS) is 10.6. The fourth-order valence-electron chi connectivity index (χ4n) is 3.66.